The zero-order valence-corrected chi connectivity index (χ0v) is 12.0. The van der Waals surface area contributed by atoms with E-state index in [9.17, 15) is 9.90 Å². The monoisotopic (exact) mass is 278 g/mol. The molecule has 5 nitrogen and oxygen atoms in total. The summed E-state index contributed by atoms with van der Waals surface area (Å²) in [5.41, 5.74) is 1.65. The van der Waals surface area contributed by atoms with Gasteiger partial charge in [-0.05, 0) is 44.4 Å². The van der Waals surface area contributed by atoms with Crippen LogP contribution in [0.25, 0.3) is 0 Å². The molecule has 1 saturated carbocycles. The Kier molecular flexibility index (Phi) is 4.49. The molecule has 0 spiro atoms. The summed E-state index contributed by atoms with van der Waals surface area (Å²) in [5.74, 6) is 0.672. The number of ether oxygens (including phenoxy) is 1. The van der Waals surface area contributed by atoms with Crippen molar-refractivity contribution >= 4 is 11.7 Å². The molecule has 5 heteroatoms. The van der Waals surface area contributed by atoms with Crippen molar-refractivity contribution in [2.75, 3.05) is 25.1 Å². The molecule has 0 heterocycles. The molecule has 2 amide bonds. The zero-order valence-electron chi connectivity index (χ0n) is 12.0. The van der Waals surface area contributed by atoms with Crippen molar-refractivity contribution in [3.8, 4) is 5.75 Å². The van der Waals surface area contributed by atoms with E-state index < -0.39 is 0 Å². The Hall–Kier alpha value is -1.75. The second-order valence-electron chi connectivity index (χ2n) is 5.40. The van der Waals surface area contributed by atoms with E-state index in [2.05, 4.69) is 10.6 Å². The minimum absolute atomic E-state index is 0.0899. The quantitative estimate of drug-likeness (QED) is 0.747. The highest BCUT2D eigenvalue weighted by atomic mass is 16.5. The fourth-order valence-electron chi connectivity index (χ4n) is 2.01. The standard InChI is InChI=1S/C15H22N2O3/c1-3-20-13-8-11(2)4-5-12(13)17-14(19)16-9-15(10-18)6-7-15/h4-5,8,18H,3,6-7,9-10H2,1-2H3,(H2,16,17,19). The molecular formula is C15H22N2O3. The van der Waals surface area contributed by atoms with Crippen LogP contribution in [0.15, 0.2) is 18.2 Å². The third kappa shape index (κ3) is 3.63. The van der Waals surface area contributed by atoms with Crippen LogP contribution in [0.4, 0.5) is 10.5 Å². The van der Waals surface area contributed by atoms with E-state index in [0.29, 0.717) is 24.6 Å². The highest BCUT2D eigenvalue weighted by Gasteiger charge is 2.42. The number of rotatable bonds is 6. The normalized spacial score (nSPS) is 15.6. The number of benzene rings is 1. The van der Waals surface area contributed by atoms with E-state index in [-0.39, 0.29) is 18.1 Å². The molecule has 1 aromatic carbocycles. The van der Waals surface area contributed by atoms with E-state index >= 15 is 0 Å². The second-order valence-corrected chi connectivity index (χ2v) is 5.40. The number of amides is 2. The number of hydrogen-bond donors (Lipinski definition) is 3. The SMILES string of the molecule is CCOc1cc(C)ccc1NC(=O)NCC1(CO)CC1. The van der Waals surface area contributed by atoms with E-state index in [1.54, 1.807) is 0 Å². The van der Waals surface area contributed by atoms with Gasteiger partial charge in [0, 0.05) is 12.0 Å². The number of aliphatic hydroxyl groups excluding tert-OH is 1. The maximum Gasteiger partial charge on any atom is 0.319 e. The number of carbonyl (C=O) groups is 1. The van der Waals surface area contributed by atoms with E-state index in [1.807, 2.05) is 32.0 Å². The molecule has 0 bridgehead atoms. The molecule has 1 aliphatic carbocycles. The van der Waals surface area contributed by atoms with Crippen molar-refractivity contribution in [2.45, 2.75) is 26.7 Å². The summed E-state index contributed by atoms with van der Waals surface area (Å²) in [6, 6.07) is 5.39. The lowest BCUT2D eigenvalue weighted by molar-refractivity contribution is 0.206. The first-order valence-corrected chi connectivity index (χ1v) is 6.98. The minimum atomic E-state index is -0.269. The van der Waals surface area contributed by atoms with E-state index in [1.165, 1.54) is 0 Å². The summed E-state index contributed by atoms with van der Waals surface area (Å²) in [4.78, 5) is 11.9. The van der Waals surface area contributed by atoms with Crippen LogP contribution in [-0.2, 0) is 0 Å². The molecule has 20 heavy (non-hydrogen) atoms. The van der Waals surface area contributed by atoms with Gasteiger partial charge in [-0.15, -0.1) is 0 Å². The van der Waals surface area contributed by atoms with Crippen molar-refractivity contribution in [3.05, 3.63) is 23.8 Å². The molecule has 2 rings (SSSR count). The van der Waals surface area contributed by atoms with Crippen molar-refractivity contribution in [2.24, 2.45) is 5.41 Å². The van der Waals surface area contributed by atoms with Crippen molar-refractivity contribution in [1.82, 2.24) is 5.32 Å². The average Bonchev–Trinajstić information content (AvgIpc) is 3.21. The van der Waals surface area contributed by atoms with Gasteiger partial charge in [0.2, 0.25) is 0 Å². The molecule has 0 saturated heterocycles. The molecule has 3 N–H and O–H groups in total. The van der Waals surface area contributed by atoms with Gasteiger partial charge in [0.05, 0.1) is 18.9 Å². The van der Waals surface area contributed by atoms with Gasteiger partial charge < -0.3 is 20.5 Å². The molecule has 0 unspecified atom stereocenters. The van der Waals surface area contributed by atoms with Gasteiger partial charge in [-0.3, -0.25) is 0 Å². The number of nitrogens with one attached hydrogen (secondary N) is 2. The lowest BCUT2D eigenvalue weighted by atomic mass is 10.1. The van der Waals surface area contributed by atoms with Crippen LogP contribution < -0.4 is 15.4 Å². The smallest absolute Gasteiger partial charge is 0.319 e. The zero-order chi connectivity index (χ0) is 14.6. The average molecular weight is 278 g/mol. The van der Waals surface area contributed by atoms with Gasteiger partial charge in [-0.2, -0.15) is 0 Å². The summed E-state index contributed by atoms with van der Waals surface area (Å²) >= 11 is 0. The largest absolute Gasteiger partial charge is 0.492 e. The number of aliphatic hydroxyl groups is 1. The van der Waals surface area contributed by atoms with Gasteiger partial charge in [0.1, 0.15) is 5.75 Å². The number of hydrogen-bond acceptors (Lipinski definition) is 3. The summed E-state index contributed by atoms with van der Waals surface area (Å²) < 4.78 is 5.52. The summed E-state index contributed by atoms with van der Waals surface area (Å²) in [6.45, 7) is 5.06. The highest BCUT2D eigenvalue weighted by molar-refractivity contribution is 5.91. The Balaban J connectivity index is 1.93. The summed E-state index contributed by atoms with van der Waals surface area (Å²) in [6.07, 6.45) is 1.94. The van der Waals surface area contributed by atoms with E-state index in [4.69, 9.17) is 4.74 Å². The van der Waals surface area contributed by atoms with Crippen LogP contribution in [0.3, 0.4) is 0 Å². The van der Waals surface area contributed by atoms with Crippen LogP contribution in [-0.4, -0.2) is 30.9 Å². The third-order valence-electron chi connectivity index (χ3n) is 3.60. The fraction of sp³-hybridized carbons (Fsp3) is 0.533. The molecule has 0 aromatic heterocycles. The Bertz CT molecular complexity index is 484. The first-order chi connectivity index (χ1) is 9.58. The van der Waals surface area contributed by atoms with Gasteiger partial charge >= 0.3 is 6.03 Å². The lowest BCUT2D eigenvalue weighted by Crippen LogP contribution is -2.35. The van der Waals surface area contributed by atoms with Crippen LogP contribution in [0.2, 0.25) is 0 Å². The highest BCUT2D eigenvalue weighted by Crippen LogP contribution is 2.44. The summed E-state index contributed by atoms with van der Waals surface area (Å²) in [5, 5.41) is 14.8. The van der Waals surface area contributed by atoms with Crippen LogP contribution in [0.1, 0.15) is 25.3 Å². The Morgan fingerprint density at radius 1 is 1.45 bits per heavy atom. The second kappa shape index (κ2) is 6.13. The molecular weight excluding hydrogens is 256 g/mol. The number of anilines is 1. The topological polar surface area (TPSA) is 70.6 Å². The van der Waals surface area contributed by atoms with Gasteiger partial charge in [0.25, 0.3) is 0 Å². The number of carbonyl (C=O) groups excluding carboxylic acids is 1. The van der Waals surface area contributed by atoms with Crippen LogP contribution in [0, 0.1) is 12.3 Å². The minimum Gasteiger partial charge on any atom is -0.492 e. The lowest BCUT2D eigenvalue weighted by Gasteiger charge is -2.15. The van der Waals surface area contributed by atoms with Gasteiger partial charge in [-0.1, -0.05) is 6.07 Å². The van der Waals surface area contributed by atoms with Gasteiger partial charge in [-0.25, -0.2) is 4.79 Å². The predicted molar refractivity (Wildman–Crippen MR) is 78.1 cm³/mol. The number of urea groups is 1. The van der Waals surface area contributed by atoms with E-state index in [0.717, 1.165) is 18.4 Å². The molecule has 1 fully saturated rings. The van der Waals surface area contributed by atoms with Crippen molar-refractivity contribution in [3.63, 3.8) is 0 Å². The maximum absolute atomic E-state index is 11.9. The fourth-order valence-corrected chi connectivity index (χ4v) is 2.01. The van der Waals surface area contributed by atoms with Crippen LogP contribution in [0.5, 0.6) is 5.75 Å². The maximum atomic E-state index is 11.9. The first kappa shape index (κ1) is 14.7. The molecule has 0 aliphatic heterocycles. The third-order valence-corrected chi connectivity index (χ3v) is 3.60. The van der Waals surface area contributed by atoms with Crippen molar-refractivity contribution < 1.29 is 14.6 Å². The molecule has 1 aromatic rings. The molecule has 110 valence electrons. The van der Waals surface area contributed by atoms with Crippen molar-refractivity contribution in [1.29, 1.82) is 0 Å². The Morgan fingerprint density at radius 2 is 2.20 bits per heavy atom. The summed E-state index contributed by atoms with van der Waals surface area (Å²) in [7, 11) is 0. The van der Waals surface area contributed by atoms with Crippen LogP contribution >= 0.6 is 0 Å². The molecule has 1 aliphatic rings. The molecule has 0 radical (unpaired) electrons. The molecule has 0 atom stereocenters. The number of aryl methyl sites for hydroxylation is 1. The predicted octanol–water partition coefficient (Wildman–Crippen LogP) is 2.29. The Morgan fingerprint density at radius 3 is 2.80 bits per heavy atom. The van der Waals surface area contributed by atoms with Gasteiger partial charge in [0.15, 0.2) is 0 Å². The first-order valence-electron chi connectivity index (χ1n) is 6.98. The Labute approximate surface area is 119 Å².